The van der Waals surface area contributed by atoms with Crippen molar-refractivity contribution in [2.24, 2.45) is 0 Å². The summed E-state index contributed by atoms with van der Waals surface area (Å²) >= 11 is 0. The quantitative estimate of drug-likeness (QED) is 0.756. The van der Waals surface area contributed by atoms with Crippen molar-refractivity contribution in [1.29, 1.82) is 0 Å². The first-order valence-corrected chi connectivity index (χ1v) is 9.30. The number of nitrogens with one attached hydrogen (secondary N) is 1. The largest absolute Gasteiger partial charge is 0.309 e. The van der Waals surface area contributed by atoms with Gasteiger partial charge in [0.05, 0.1) is 17.9 Å². The molecule has 4 rings (SSSR count). The van der Waals surface area contributed by atoms with Crippen LogP contribution in [0.4, 0.5) is 5.82 Å². The third kappa shape index (κ3) is 4.09. The predicted octanol–water partition coefficient (Wildman–Crippen LogP) is 2.65. The summed E-state index contributed by atoms with van der Waals surface area (Å²) in [4.78, 5) is 14.8. The van der Waals surface area contributed by atoms with Gasteiger partial charge in [-0.25, -0.2) is 4.68 Å². The number of benzene rings is 1. The Morgan fingerprint density at radius 3 is 2.70 bits per heavy atom. The Morgan fingerprint density at radius 1 is 1.15 bits per heavy atom. The van der Waals surface area contributed by atoms with E-state index in [1.54, 1.807) is 10.9 Å². The summed E-state index contributed by atoms with van der Waals surface area (Å²) in [6.07, 6.45) is 5.66. The Morgan fingerprint density at radius 2 is 1.93 bits per heavy atom. The SMILES string of the molecule is CN1CCC(n2nccc2NC(=O)Cn2ccc(-c3ccccc3)n2)CC1. The van der Waals surface area contributed by atoms with Crippen molar-refractivity contribution in [3.63, 3.8) is 0 Å². The van der Waals surface area contributed by atoms with Gasteiger partial charge < -0.3 is 10.2 Å². The molecule has 7 heteroatoms. The number of carbonyl (C=O) groups excluding carboxylic acids is 1. The van der Waals surface area contributed by atoms with Crippen LogP contribution in [0.2, 0.25) is 0 Å². The second kappa shape index (κ2) is 7.75. The average Bonchev–Trinajstić information content (AvgIpc) is 3.33. The molecule has 1 N–H and O–H groups in total. The Bertz CT molecular complexity index is 892. The van der Waals surface area contributed by atoms with Crippen LogP contribution in [0.25, 0.3) is 11.3 Å². The molecule has 0 saturated carbocycles. The number of carbonyl (C=O) groups is 1. The highest BCUT2D eigenvalue weighted by molar-refractivity contribution is 5.89. The van der Waals surface area contributed by atoms with E-state index < -0.39 is 0 Å². The fourth-order valence-corrected chi connectivity index (χ4v) is 3.49. The second-order valence-corrected chi connectivity index (χ2v) is 7.01. The zero-order valence-electron chi connectivity index (χ0n) is 15.5. The van der Waals surface area contributed by atoms with E-state index in [1.807, 2.05) is 53.3 Å². The minimum absolute atomic E-state index is 0.104. The summed E-state index contributed by atoms with van der Waals surface area (Å²) in [6, 6.07) is 14.1. The number of rotatable bonds is 5. The highest BCUT2D eigenvalue weighted by Gasteiger charge is 2.21. The molecule has 0 aliphatic carbocycles. The monoisotopic (exact) mass is 364 g/mol. The molecule has 0 bridgehead atoms. The van der Waals surface area contributed by atoms with Crippen LogP contribution in [0.1, 0.15) is 18.9 Å². The first kappa shape index (κ1) is 17.5. The molecule has 0 spiro atoms. The molecule has 27 heavy (non-hydrogen) atoms. The van der Waals surface area contributed by atoms with E-state index in [2.05, 4.69) is 27.5 Å². The lowest BCUT2D eigenvalue weighted by Crippen LogP contribution is -2.32. The maximum absolute atomic E-state index is 12.5. The number of anilines is 1. The van der Waals surface area contributed by atoms with Crippen molar-refractivity contribution in [2.75, 3.05) is 25.5 Å². The van der Waals surface area contributed by atoms with E-state index in [-0.39, 0.29) is 12.5 Å². The molecule has 7 nitrogen and oxygen atoms in total. The van der Waals surface area contributed by atoms with E-state index in [0.717, 1.165) is 43.0 Å². The summed E-state index contributed by atoms with van der Waals surface area (Å²) in [5.74, 6) is 0.650. The van der Waals surface area contributed by atoms with E-state index in [4.69, 9.17) is 0 Å². The Hall–Kier alpha value is -2.93. The van der Waals surface area contributed by atoms with Gasteiger partial charge in [0.2, 0.25) is 5.91 Å². The van der Waals surface area contributed by atoms with Crippen LogP contribution >= 0.6 is 0 Å². The number of hydrogen-bond donors (Lipinski definition) is 1. The maximum Gasteiger partial charge on any atom is 0.247 e. The predicted molar refractivity (Wildman–Crippen MR) is 104 cm³/mol. The van der Waals surface area contributed by atoms with Gasteiger partial charge in [-0.1, -0.05) is 30.3 Å². The van der Waals surface area contributed by atoms with Crippen LogP contribution in [-0.4, -0.2) is 50.5 Å². The van der Waals surface area contributed by atoms with E-state index in [1.165, 1.54) is 0 Å². The first-order chi connectivity index (χ1) is 13.2. The lowest BCUT2D eigenvalue weighted by atomic mass is 10.1. The zero-order chi connectivity index (χ0) is 18.6. The molecule has 1 aromatic carbocycles. The molecule has 1 saturated heterocycles. The Labute approximate surface area is 158 Å². The van der Waals surface area contributed by atoms with Crippen LogP contribution < -0.4 is 5.32 Å². The number of hydrogen-bond acceptors (Lipinski definition) is 4. The zero-order valence-corrected chi connectivity index (χ0v) is 15.5. The molecule has 1 aliphatic heterocycles. The number of aromatic nitrogens is 4. The number of piperidine rings is 1. The van der Waals surface area contributed by atoms with Crippen LogP contribution in [0.5, 0.6) is 0 Å². The van der Waals surface area contributed by atoms with Gasteiger partial charge in [-0.15, -0.1) is 0 Å². The van der Waals surface area contributed by atoms with Crippen molar-refractivity contribution < 1.29 is 4.79 Å². The van der Waals surface area contributed by atoms with E-state index >= 15 is 0 Å². The van der Waals surface area contributed by atoms with E-state index in [0.29, 0.717) is 6.04 Å². The van der Waals surface area contributed by atoms with Gasteiger partial charge in [0.15, 0.2) is 0 Å². The van der Waals surface area contributed by atoms with Gasteiger partial charge in [-0.2, -0.15) is 10.2 Å². The number of likely N-dealkylation sites (tertiary alicyclic amines) is 1. The van der Waals surface area contributed by atoms with Crippen molar-refractivity contribution in [3.05, 3.63) is 54.9 Å². The van der Waals surface area contributed by atoms with Gasteiger partial charge >= 0.3 is 0 Å². The molecule has 2 aromatic heterocycles. The summed E-state index contributed by atoms with van der Waals surface area (Å²) in [5, 5.41) is 11.9. The molecule has 3 heterocycles. The minimum Gasteiger partial charge on any atom is -0.309 e. The third-order valence-corrected chi connectivity index (χ3v) is 4.99. The van der Waals surface area contributed by atoms with Crippen LogP contribution in [-0.2, 0) is 11.3 Å². The van der Waals surface area contributed by atoms with Gasteiger partial charge in [-0.3, -0.25) is 9.48 Å². The fourth-order valence-electron chi connectivity index (χ4n) is 3.49. The van der Waals surface area contributed by atoms with Crippen molar-refractivity contribution in [3.8, 4) is 11.3 Å². The Kier molecular flexibility index (Phi) is 5.02. The summed E-state index contributed by atoms with van der Waals surface area (Å²) in [6.45, 7) is 2.27. The van der Waals surface area contributed by atoms with Crippen molar-refractivity contribution in [1.82, 2.24) is 24.5 Å². The first-order valence-electron chi connectivity index (χ1n) is 9.30. The number of amides is 1. The summed E-state index contributed by atoms with van der Waals surface area (Å²) < 4.78 is 3.61. The van der Waals surface area contributed by atoms with E-state index in [9.17, 15) is 4.79 Å². The van der Waals surface area contributed by atoms with Gasteiger partial charge in [0.1, 0.15) is 12.4 Å². The van der Waals surface area contributed by atoms with Gasteiger partial charge in [-0.05, 0) is 39.0 Å². The van der Waals surface area contributed by atoms with Crippen molar-refractivity contribution in [2.45, 2.75) is 25.4 Å². The lowest BCUT2D eigenvalue weighted by molar-refractivity contribution is -0.117. The lowest BCUT2D eigenvalue weighted by Gasteiger charge is -2.30. The number of nitrogens with zero attached hydrogens (tertiary/aromatic N) is 5. The smallest absolute Gasteiger partial charge is 0.247 e. The standard InChI is InChI=1S/C20H24N6O/c1-24-12-8-17(9-13-24)26-19(7-11-21-26)22-20(27)15-25-14-10-18(23-25)16-5-3-2-4-6-16/h2-7,10-11,14,17H,8-9,12-13,15H2,1H3,(H,22,27). The van der Waals surface area contributed by atoms with Crippen LogP contribution in [0, 0.1) is 0 Å². The molecule has 0 atom stereocenters. The fraction of sp³-hybridized carbons (Fsp3) is 0.350. The molecule has 3 aromatic rings. The van der Waals surface area contributed by atoms with Gasteiger partial charge in [0.25, 0.3) is 0 Å². The molecule has 1 fully saturated rings. The van der Waals surface area contributed by atoms with Crippen LogP contribution in [0.15, 0.2) is 54.9 Å². The topological polar surface area (TPSA) is 68.0 Å². The molecule has 0 unspecified atom stereocenters. The molecular weight excluding hydrogens is 340 g/mol. The third-order valence-electron chi connectivity index (χ3n) is 4.99. The molecule has 140 valence electrons. The molecule has 0 radical (unpaired) electrons. The highest BCUT2D eigenvalue weighted by Crippen LogP contribution is 2.24. The summed E-state index contributed by atoms with van der Waals surface area (Å²) in [7, 11) is 2.13. The normalized spacial score (nSPS) is 15.7. The molecular formula is C20H24N6O. The molecule has 1 aliphatic rings. The average molecular weight is 364 g/mol. The maximum atomic E-state index is 12.5. The summed E-state index contributed by atoms with van der Waals surface area (Å²) in [5.41, 5.74) is 1.90. The van der Waals surface area contributed by atoms with Crippen molar-refractivity contribution >= 4 is 11.7 Å². The van der Waals surface area contributed by atoms with Gasteiger partial charge in [0, 0.05) is 17.8 Å². The molecule has 1 amide bonds. The second-order valence-electron chi connectivity index (χ2n) is 7.01. The minimum atomic E-state index is -0.104. The highest BCUT2D eigenvalue weighted by atomic mass is 16.2. The Balaban J connectivity index is 1.39. The van der Waals surface area contributed by atoms with Crippen LogP contribution in [0.3, 0.4) is 0 Å².